The van der Waals surface area contributed by atoms with E-state index < -0.39 is 22.6 Å². The summed E-state index contributed by atoms with van der Waals surface area (Å²) in [6.07, 6.45) is 6.06. The minimum absolute atomic E-state index is 0.0420. The summed E-state index contributed by atoms with van der Waals surface area (Å²) in [5, 5.41) is 15.3. The molecule has 3 N–H and O–H groups in total. The van der Waals surface area contributed by atoms with Crippen LogP contribution in [0.15, 0.2) is 30.3 Å². The van der Waals surface area contributed by atoms with Gasteiger partial charge in [0.25, 0.3) is 0 Å². The summed E-state index contributed by atoms with van der Waals surface area (Å²) in [6.45, 7) is 5.52. The Bertz CT molecular complexity index is 913. The number of aliphatic hydroxyl groups excluding tert-OH is 1. The average Bonchev–Trinajstić information content (AvgIpc) is 3.43. The molecule has 2 bridgehead atoms. The minimum Gasteiger partial charge on any atom is -0.396 e. The largest absolute Gasteiger partial charge is 0.396 e. The molecule has 6 atom stereocenters. The van der Waals surface area contributed by atoms with Crippen LogP contribution in [0.25, 0.3) is 0 Å². The monoisotopic (exact) mass is 501 g/mol. The van der Waals surface area contributed by atoms with Crippen molar-refractivity contribution in [2.24, 2.45) is 17.8 Å². The van der Waals surface area contributed by atoms with Crippen molar-refractivity contribution in [1.82, 2.24) is 10.2 Å². The molecule has 4 rings (SSSR count). The first-order valence-electron chi connectivity index (χ1n) is 13.2. The third-order valence-corrected chi connectivity index (χ3v) is 10.1. The van der Waals surface area contributed by atoms with E-state index >= 15 is 0 Å². The third-order valence-electron chi connectivity index (χ3n) is 7.97. The zero-order valence-electron chi connectivity index (χ0n) is 20.9. The van der Waals surface area contributed by atoms with Crippen LogP contribution in [0.5, 0.6) is 0 Å². The quantitative estimate of drug-likeness (QED) is 0.381. The molecule has 0 radical (unpaired) electrons. The van der Waals surface area contributed by atoms with Gasteiger partial charge in [-0.2, -0.15) is 0 Å². The van der Waals surface area contributed by atoms with Crippen LogP contribution in [0.4, 0.5) is 5.69 Å². The van der Waals surface area contributed by atoms with E-state index in [1.165, 1.54) is 0 Å². The Morgan fingerprint density at radius 2 is 1.86 bits per heavy atom. The number of nitrogens with zero attached hydrogens (tertiary/aromatic N) is 1. The second kappa shape index (κ2) is 11.3. The summed E-state index contributed by atoms with van der Waals surface area (Å²) in [4.78, 5) is 42.9. The van der Waals surface area contributed by atoms with Gasteiger partial charge >= 0.3 is 0 Å². The molecular formula is C27H39N3O4S. The number of nitrogens with one attached hydrogen (secondary N) is 2. The first kappa shape index (κ1) is 26.0. The maximum atomic E-state index is 14.0. The summed E-state index contributed by atoms with van der Waals surface area (Å²) in [7, 11) is 0. The Balaban J connectivity index is 1.60. The number of carbonyl (C=O) groups is 3. The predicted molar refractivity (Wildman–Crippen MR) is 139 cm³/mol. The lowest BCUT2D eigenvalue weighted by molar-refractivity contribution is -0.139. The molecule has 3 amide bonds. The smallest absolute Gasteiger partial charge is 0.244 e. The molecule has 3 unspecified atom stereocenters. The van der Waals surface area contributed by atoms with Gasteiger partial charge in [0, 0.05) is 30.6 Å². The van der Waals surface area contributed by atoms with Crippen molar-refractivity contribution in [2.45, 2.75) is 74.8 Å². The molecule has 3 heterocycles. The van der Waals surface area contributed by atoms with Gasteiger partial charge in [-0.15, -0.1) is 11.8 Å². The molecule has 35 heavy (non-hydrogen) atoms. The van der Waals surface area contributed by atoms with Gasteiger partial charge in [-0.05, 0) is 43.7 Å². The van der Waals surface area contributed by atoms with Gasteiger partial charge in [-0.25, -0.2) is 0 Å². The number of para-hydroxylation sites is 1. The fraction of sp³-hybridized carbons (Fsp3) is 0.667. The van der Waals surface area contributed by atoms with Gasteiger partial charge < -0.3 is 20.6 Å². The number of rotatable bonds is 12. The molecule has 3 fully saturated rings. The number of thioether (sulfide) groups is 1. The molecule has 7 nitrogen and oxygen atoms in total. The van der Waals surface area contributed by atoms with Crippen molar-refractivity contribution < 1.29 is 19.5 Å². The number of anilines is 1. The molecule has 3 saturated heterocycles. The molecule has 3 aliphatic heterocycles. The number of unbranched alkanes of at least 4 members (excludes halogenated alkanes) is 4. The second-order valence-electron chi connectivity index (χ2n) is 10.2. The molecule has 0 saturated carbocycles. The van der Waals surface area contributed by atoms with Crippen LogP contribution in [0, 0.1) is 17.8 Å². The van der Waals surface area contributed by atoms with Crippen molar-refractivity contribution in [1.29, 1.82) is 0 Å². The molecule has 1 aromatic carbocycles. The summed E-state index contributed by atoms with van der Waals surface area (Å²) in [5.74, 6) is -0.978. The lowest BCUT2D eigenvalue weighted by Crippen LogP contribution is -2.56. The first-order chi connectivity index (χ1) is 17.0. The van der Waals surface area contributed by atoms with E-state index in [0.29, 0.717) is 13.1 Å². The van der Waals surface area contributed by atoms with Crippen molar-refractivity contribution in [3.63, 3.8) is 0 Å². The van der Waals surface area contributed by atoms with E-state index in [9.17, 15) is 14.4 Å². The number of aliphatic hydroxyl groups is 1. The maximum Gasteiger partial charge on any atom is 0.244 e. The van der Waals surface area contributed by atoms with Crippen LogP contribution in [0.1, 0.15) is 58.8 Å². The van der Waals surface area contributed by atoms with Crippen LogP contribution >= 0.6 is 11.8 Å². The molecule has 0 aromatic heterocycles. The molecule has 0 aliphatic carbocycles. The summed E-state index contributed by atoms with van der Waals surface area (Å²) >= 11 is 1.72. The third kappa shape index (κ3) is 4.84. The zero-order chi connectivity index (χ0) is 25.0. The predicted octanol–water partition coefficient (Wildman–Crippen LogP) is 3.43. The second-order valence-corrected chi connectivity index (χ2v) is 11.8. The van der Waals surface area contributed by atoms with Crippen LogP contribution in [0.2, 0.25) is 0 Å². The number of hydrogen-bond donors (Lipinski definition) is 3. The Kier molecular flexibility index (Phi) is 8.42. The van der Waals surface area contributed by atoms with E-state index in [4.69, 9.17) is 5.11 Å². The lowest BCUT2D eigenvalue weighted by Gasteiger charge is -2.38. The Morgan fingerprint density at radius 1 is 1.11 bits per heavy atom. The van der Waals surface area contributed by atoms with E-state index in [-0.39, 0.29) is 35.5 Å². The zero-order valence-corrected chi connectivity index (χ0v) is 21.7. The highest BCUT2D eigenvalue weighted by Crippen LogP contribution is 2.68. The Morgan fingerprint density at radius 3 is 2.57 bits per heavy atom. The fourth-order valence-electron chi connectivity index (χ4n) is 6.34. The summed E-state index contributed by atoms with van der Waals surface area (Å²) < 4.78 is -0.568. The number of benzene rings is 1. The summed E-state index contributed by atoms with van der Waals surface area (Å²) in [6, 6.07) is 8.83. The molecule has 1 aromatic rings. The topological polar surface area (TPSA) is 98.7 Å². The fourth-order valence-corrected chi connectivity index (χ4v) is 8.76. The van der Waals surface area contributed by atoms with Crippen molar-refractivity contribution in [3.8, 4) is 0 Å². The van der Waals surface area contributed by atoms with Crippen molar-refractivity contribution >= 4 is 35.2 Å². The highest BCUT2D eigenvalue weighted by Gasteiger charge is 2.75. The minimum atomic E-state index is -0.568. The van der Waals surface area contributed by atoms with Gasteiger partial charge in [0.05, 0.1) is 16.6 Å². The van der Waals surface area contributed by atoms with Crippen LogP contribution < -0.4 is 10.6 Å². The molecule has 3 aliphatic rings. The Labute approximate surface area is 212 Å². The van der Waals surface area contributed by atoms with E-state index in [0.717, 1.165) is 50.6 Å². The van der Waals surface area contributed by atoms with E-state index in [1.807, 2.05) is 30.3 Å². The normalized spacial score (nSPS) is 31.0. The lowest BCUT2D eigenvalue weighted by atomic mass is 9.66. The van der Waals surface area contributed by atoms with Crippen molar-refractivity contribution in [2.75, 3.05) is 25.0 Å². The number of carbonyl (C=O) groups excluding carboxylic acids is 3. The molecular weight excluding hydrogens is 462 g/mol. The van der Waals surface area contributed by atoms with Gasteiger partial charge in [0.1, 0.15) is 6.04 Å². The molecule has 1 spiro atoms. The van der Waals surface area contributed by atoms with E-state index in [2.05, 4.69) is 24.5 Å². The Hall–Kier alpha value is -2.06. The summed E-state index contributed by atoms with van der Waals surface area (Å²) in [5.41, 5.74) is 0.729. The number of amides is 3. The van der Waals surface area contributed by atoms with Gasteiger partial charge in [0.2, 0.25) is 17.7 Å². The van der Waals surface area contributed by atoms with Crippen LogP contribution in [-0.2, 0) is 14.4 Å². The number of fused-ring (bicyclic) bond motifs is 1. The highest BCUT2D eigenvalue weighted by molar-refractivity contribution is 8.02. The number of likely N-dealkylation sites (tertiary alicyclic amines) is 1. The molecule has 192 valence electrons. The van der Waals surface area contributed by atoms with Crippen LogP contribution in [0.3, 0.4) is 0 Å². The van der Waals surface area contributed by atoms with Crippen LogP contribution in [-0.4, -0.2) is 63.5 Å². The van der Waals surface area contributed by atoms with Gasteiger partial charge in [-0.3, -0.25) is 14.4 Å². The molecule has 8 heteroatoms. The standard InChI is InChI=1S/C27H39N3O4S/c1-3-4-14-28-25(33)23-27-18(2)17-20(35-27)21(24(32)29-19-12-8-7-9-13-19)22(27)26(34)30(23)15-10-5-6-11-16-31/h7-9,12-13,18,20-23,31H,3-6,10-11,14-17H2,1-2H3,(H,28,33)(H,29,32)/t18?,20-,21+,22-,23?,27?/m0/s1. The first-order valence-corrected chi connectivity index (χ1v) is 14.1. The van der Waals surface area contributed by atoms with E-state index in [1.54, 1.807) is 16.7 Å². The van der Waals surface area contributed by atoms with Gasteiger partial charge in [0.15, 0.2) is 0 Å². The number of hydrogen-bond acceptors (Lipinski definition) is 5. The SMILES string of the molecule is CCCCNC(=O)C1N(CCCCCCO)C(=O)[C@@H]2[C@H](C(=O)Nc3ccccc3)[C@@H]3CC(C)C12S3. The van der Waals surface area contributed by atoms with Crippen molar-refractivity contribution in [3.05, 3.63) is 30.3 Å². The maximum absolute atomic E-state index is 14.0. The van der Waals surface area contributed by atoms with Gasteiger partial charge in [-0.1, -0.05) is 51.3 Å². The highest BCUT2D eigenvalue weighted by atomic mass is 32.2. The average molecular weight is 502 g/mol.